The van der Waals surface area contributed by atoms with E-state index in [1.807, 2.05) is 39.0 Å². The zero-order valence-corrected chi connectivity index (χ0v) is 23.2. The molecule has 39 heavy (non-hydrogen) atoms. The van der Waals surface area contributed by atoms with E-state index in [1.54, 1.807) is 51.5 Å². The lowest BCUT2D eigenvalue weighted by Crippen LogP contribution is -2.72. The Kier molecular flexibility index (Phi) is 5.50. The summed E-state index contributed by atoms with van der Waals surface area (Å²) < 4.78 is 24.7. The summed E-state index contributed by atoms with van der Waals surface area (Å²) in [5.41, 5.74) is -4.31. The maximum atomic E-state index is 13.9. The smallest absolute Gasteiger partial charge is 0.333 e. The molecule has 0 unspecified atom stereocenters. The summed E-state index contributed by atoms with van der Waals surface area (Å²) in [6.45, 7) is 11.4. The molecule has 11 atom stereocenters. The SMILES string of the molecule is C/C=C(\C)C(=O)O[C@@H]1[C@@H]2OC[C@]3(C)C=CC(=O)[C@@](C)([C@@H]23)[C@@H]2[C@@H](O)O[C@@]3(C=C[C@@H](c4ccoc4)[C@]3(C)C=O)[C@]12C. The lowest BCUT2D eigenvalue weighted by atomic mass is 9.39. The van der Waals surface area contributed by atoms with Crippen LogP contribution >= 0.6 is 0 Å². The summed E-state index contributed by atoms with van der Waals surface area (Å²) >= 11 is 0. The van der Waals surface area contributed by atoms with Crippen LogP contribution in [-0.4, -0.2) is 53.9 Å². The number of aliphatic hydroxyl groups is 1. The maximum absolute atomic E-state index is 13.9. The number of hydrogen-bond acceptors (Lipinski definition) is 8. The molecule has 3 fully saturated rings. The third-order valence-corrected chi connectivity index (χ3v) is 11.1. The summed E-state index contributed by atoms with van der Waals surface area (Å²) in [4.78, 5) is 40.4. The molecular formula is C31H36O8. The molecule has 2 aliphatic heterocycles. The van der Waals surface area contributed by atoms with Gasteiger partial charge < -0.3 is 28.5 Å². The summed E-state index contributed by atoms with van der Waals surface area (Å²) in [7, 11) is 0. The highest BCUT2D eigenvalue weighted by molar-refractivity contribution is 5.97. The molecule has 0 radical (unpaired) electrons. The summed E-state index contributed by atoms with van der Waals surface area (Å²) in [5, 5.41) is 11.8. The Bertz CT molecular complexity index is 1330. The van der Waals surface area contributed by atoms with Gasteiger partial charge in [-0.15, -0.1) is 0 Å². The van der Waals surface area contributed by atoms with Gasteiger partial charge in [0.1, 0.15) is 18.0 Å². The molecule has 2 saturated heterocycles. The predicted molar refractivity (Wildman–Crippen MR) is 139 cm³/mol. The van der Waals surface area contributed by atoms with E-state index in [0.717, 1.165) is 11.8 Å². The molecule has 1 N–H and O–H groups in total. The Labute approximate surface area is 228 Å². The number of rotatable bonds is 4. The highest BCUT2D eigenvalue weighted by Crippen LogP contribution is 2.75. The third-order valence-electron chi connectivity index (χ3n) is 11.1. The molecule has 5 aliphatic rings. The van der Waals surface area contributed by atoms with Crippen LogP contribution in [0.3, 0.4) is 0 Å². The van der Waals surface area contributed by atoms with Gasteiger partial charge in [-0.05, 0) is 38.5 Å². The third kappa shape index (κ3) is 2.87. The zero-order chi connectivity index (χ0) is 28.2. The molecule has 0 aromatic carbocycles. The van der Waals surface area contributed by atoms with Crippen molar-refractivity contribution in [2.45, 2.75) is 71.6 Å². The Balaban J connectivity index is 1.61. The molecule has 1 aromatic rings. The molecular weight excluding hydrogens is 500 g/mol. The number of hydrogen-bond donors (Lipinski definition) is 1. The largest absolute Gasteiger partial charge is 0.472 e. The monoisotopic (exact) mass is 536 g/mol. The van der Waals surface area contributed by atoms with Gasteiger partial charge in [-0.1, -0.05) is 45.1 Å². The van der Waals surface area contributed by atoms with Crippen LogP contribution in [0.4, 0.5) is 0 Å². The molecule has 1 aromatic heterocycles. The van der Waals surface area contributed by atoms with E-state index in [-0.39, 0.29) is 11.7 Å². The van der Waals surface area contributed by atoms with Crippen LogP contribution in [0, 0.1) is 33.5 Å². The molecule has 1 spiro atoms. The maximum Gasteiger partial charge on any atom is 0.333 e. The number of carbonyl (C=O) groups excluding carboxylic acids is 3. The number of fused-ring (bicyclic) bond motifs is 3. The van der Waals surface area contributed by atoms with E-state index >= 15 is 0 Å². The summed E-state index contributed by atoms with van der Waals surface area (Å²) in [6.07, 6.45) is 9.89. The predicted octanol–water partition coefficient (Wildman–Crippen LogP) is 3.91. The molecule has 3 heterocycles. The molecule has 1 saturated carbocycles. The van der Waals surface area contributed by atoms with Crippen molar-refractivity contribution < 1.29 is 38.1 Å². The Morgan fingerprint density at radius 2 is 1.92 bits per heavy atom. The van der Waals surface area contributed by atoms with Crippen molar-refractivity contribution in [2.24, 2.45) is 33.5 Å². The molecule has 0 bridgehead atoms. The van der Waals surface area contributed by atoms with Crippen molar-refractivity contribution in [3.8, 4) is 0 Å². The lowest BCUT2D eigenvalue weighted by Gasteiger charge is -2.62. The fourth-order valence-electron chi connectivity index (χ4n) is 9.14. The first-order chi connectivity index (χ1) is 18.4. The minimum atomic E-state index is -1.43. The number of esters is 1. The van der Waals surface area contributed by atoms with Crippen molar-refractivity contribution in [2.75, 3.05) is 6.61 Å². The molecule has 208 valence electrons. The highest BCUT2D eigenvalue weighted by Gasteiger charge is 2.84. The molecule has 8 nitrogen and oxygen atoms in total. The molecule has 6 rings (SSSR count). The first-order valence-corrected chi connectivity index (χ1v) is 13.6. The van der Waals surface area contributed by atoms with E-state index in [0.29, 0.717) is 12.2 Å². The molecule has 3 aliphatic carbocycles. The number of aldehydes is 1. The number of ketones is 1. The van der Waals surface area contributed by atoms with E-state index in [4.69, 9.17) is 18.6 Å². The fourth-order valence-corrected chi connectivity index (χ4v) is 9.14. The van der Waals surface area contributed by atoms with Gasteiger partial charge in [0.05, 0.1) is 30.7 Å². The van der Waals surface area contributed by atoms with Crippen LogP contribution in [-0.2, 0) is 28.6 Å². The second-order valence-corrected chi connectivity index (χ2v) is 12.8. The number of aliphatic hydroxyl groups excluding tert-OH is 1. The van der Waals surface area contributed by atoms with Crippen molar-refractivity contribution in [1.82, 2.24) is 0 Å². The zero-order valence-electron chi connectivity index (χ0n) is 23.2. The average Bonchev–Trinajstić information content (AvgIpc) is 3.66. The number of carbonyl (C=O) groups is 3. The van der Waals surface area contributed by atoms with Crippen LogP contribution in [0.1, 0.15) is 53.0 Å². The first kappa shape index (κ1) is 26.4. The Morgan fingerprint density at radius 1 is 1.18 bits per heavy atom. The van der Waals surface area contributed by atoms with Crippen LogP contribution in [0.25, 0.3) is 0 Å². The summed E-state index contributed by atoms with van der Waals surface area (Å²) in [5.74, 6) is -2.27. The van der Waals surface area contributed by atoms with Gasteiger partial charge in [-0.3, -0.25) is 4.79 Å². The molecule has 0 amide bonds. The number of ether oxygens (including phenoxy) is 3. The van der Waals surface area contributed by atoms with Crippen molar-refractivity contribution in [3.05, 3.63) is 60.1 Å². The van der Waals surface area contributed by atoms with Crippen LogP contribution in [0.5, 0.6) is 0 Å². The highest BCUT2D eigenvalue weighted by atomic mass is 16.6. The lowest BCUT2D eigenvalue weighted by molar-refractivity contribution is -0.228. The van der Waals surface area contributed by atoms with Gasteiger partial charge in [-0.2, -0.15) is 0 Å². The average molecular weight is 537 g/mol. The van der Waals surface area contributed by atoms with Gasteiger partial charge in [-0.25, -0.2) is 4.79 Å². The number of allylic oxidation sites excluding steroid dienone is 3. The van der Waals surface area contributed by atoms with Crippen molar-refractivity contribution >= 4 is 18.0 Å². The Hall–Kier alpha value is -2.81. The number of furan rings is 1. The standard InChI is InChI=1S/C31H36O8/c1-7-17(2)25(34)38-24-21-22-27(3,16-37-21)11-9-20(33)29(22,5)23-26(35)39-31(30(23,24)6)12-8-19(28(31,4)15-32)18-10-13-36-14-18/h7-15,19,21-24,26,35H,16H2,1-6H3/b17-7+/t19-,21+,22-,23-,24+,26-,27-,28-,29-,30-,31+/m0/s1. The van der Waals surface area contributed by atoms with E-state index in [2.05, 4.69) is 0 Å². The van der Waals surface area contributed by atoms with E-state index in [9.17, 15) is 19.5 Å². The second-order valence-electron chi connectivity index (χ2n) is 12.8. The first-order valence-electron chi connectivity index (χ1n) is 13.6. The minimum Gasteiger partial charge on any atom is -0.472 e. The molecule has 8 heteroatoms. The van der Waals surface area contributed by atoms with Crippen LogP contribution in [0.2, 0.25) is 0 Å². The van der Waals surface area contributed by atoms with E-state index < -0.39 is 63.6 Å². The van der Waals surface area contributed by atoms with Crippen LogP contribution in [0.15, 0.2) is 59.0 Å². The summed E-state index contributed by atoms with van der Waals surface area (Å²) in [6, 6.07) is 1.80. The van der Waals surface area contributed by atoms with Crippen molar-refractivity contribution in [3.63, 3.8) is 0 Å². The fraction of sp³-hybridized carbons (Fsp3) is 0.581. The van der Waals surface area contributed by atoms with Gasteiger partial charge in [0.2, 0.25) is 0 Å². The van der Waals surface area contributed by atoms with Gasteiger partial charge in [0.15, 0.2) is 12.1 Å². The van der Waals surface area contributed by atoms with Gasteiger partial charge >= 0.3 is 5.97 Å². The second kappa shape index (κ2) is 8.12. The normalized spacial score (nSPS) is 49.8. The van der Waals surface area contributed by atoms with Crippen LogP contribution < -0.4 is 0 Å². The van der Waals surface area contributed by atoms with Gasteiger partial charge in [0.25, 0.3) is 0 Å². The van der Waals surface area contributed by atoms with E-state index in [1.165, 1.54) is 0 Å². The van der Waals surface area contributed by atoms with Crippen molar-refractivity contribution in [1.29, 1.82) is 0 Å². The van der Waals surface area contributed by atoms with Gasteiger partial charge in [0, 0.05) is 39.6 Å². The Morgan fingerprint density at radius 3 is 2.56 bits per heavy atom. The quantitative estimate of drug-likeness (QED) is 0.267. The topological polar surface area (TPSA) is 112 Å². The minimum absolute atomic E-state index is 0.132.